The van der Waals surface area contributed by atoms with Crippen LogP contribution in [0.5, 0.6) is 17.2 Å². The molecular weight excluding hydrogens is 462 g/mol. The molecule has 1 N–H and O–H groups in total. The molecule has 3 nitrogen and oxygen atoms in total. The minimum Gasteiger partial charge on any atom is -0.508 e. The predicted octanol–water partition coefficient (Wildman–Crippen LogP) is 8.35. The van der Waals surface area contributed by atoms with E-state index < -0.39 is 0 Å². The fourth-order valence-corrected chi connectivity index (χ4v) is 6.36. The number of hydrogen-bond donors (Lipinski definition) is 1. The topological polar surface area (TPSA) is 32.7 Å². The number of phenols is 1. The highest BCUT2D eigenvalue weighted by atomic mass is 32.1. The molecule has 186 valence electrons. The summed E-state index contributed by atoms with van der Waals surface area (Å²) in [5.41, 5.74) is 5.82. The van der Waals surface area contributed by atoms with E-state index in [9.17, 15) is 5.11 Å². The number of phenolic OH excluding ortho intramolecular Hbond substituents is 1. The number of benzene rings is 3. The van der Waals surface area contributed by atoms with Crippen LogP contribution in [0.3, 0.4) is 0 Å². The number of aromatic hydroxyl groups is 1. The third-order valence-electron chi connectivity index (χ3n) is 7.20. The summed E-state index contributed by atoms with van der Waals surface area (Å²) in [5, 5.41) is 11.1. The van der Waals surface area contributed by atoms with E-state index in [1.165, 1.54) is 49.2 Å². The molecular formula is C32H35NO2S. The normalized spacial score (nSPS) is 16.0. The Balaban J connectivity index is 1.37. The van der Waals surface area contributed by atoms with Crippen molar-refractivity contribution < 1.29 is 9.84 Å². The maximum Gasteiger partial charge on any atom is 0.153 e. The molecule has 1 aliphatic rings. The fraction of sp³-hybridized carbons (Fsp3) is 0.312. The summed E-state index contributed by atoms with van der Waals surface area (Å²) in [6.45, 7) is 14.7. The van der Waals surface area contributed by atoms with Crippen LogP contribution in [0.1, 0.15) is 46.9 Å². The van der Waals surface area contributed by atoms with Crippen molar-refractivity contribution in [2.75, 3.05) is 19.6 Å². The van der Waals surface area contributed by atoms with Crippen LogP contribution in [0.4, 0.5) is 0 Å². The maximum absolute atomic E-state index is 10.1. The molecule has 1 unspecified atom stereocenters. The van der Waals surface area contributed by atoms with E-state index in [0.29, 0.717) is 0 Å². The molecule has 1 aromatic heterocycles. The smallest absolute Gasteiger partial charge is 0.153 e. The van der Waals surface area contributed by atoms with Crippen molar-refractivity contribution in [2.45, 2.75) is 40.0 Å². The Morgan fingerprint density at radius 1 is 1.08 bits per heavy atom. The van der Waals surface area contributed by atoms with Gasteiger partial charge in [-0.2, -0.15) is 0 Å². The zero-order valence-corrected chi connectivity index (χ0v) is 22.3. The second kappa shape index (κ2) is 10.5. The van der Waals surface area contributed by atoms with Crippen molar-refractivity contribution in [2.24, 2.45) is 5.92 Å². The highest BCUT2D eigenvalue weighted by Crippen LogP contribution is 2.46. The summed E-state index contributed by atoms with van der Waals surface area (Å²) >= 11 is 1.61. The number of nitrogens with zero attached hydrogens (tertiary/aromatic N) is 1. The number of rotatable bonds is 8. The van der Waals surface area contributed by atoms with Gasteiger partial charge in [-0.25, -0.2) is 0 Å². The first kappa shape index (κ1) is 24.6. The molecule has 1 saturated heterocycles. The Morgan fingerprint density at radius 3 is 2.61 bits per heavy atom. The molecule has 5 rings (SSSR count). The lowest BCUT2D eigenvalue weighted by molar-refractivity contribution is 0.323. The van der Waals surface area contributed by atoms with Crippen LogP contribution in [0.2, 0.25) is 0 Å². The van der Waals surface area contributed by atoms with Crippen LogP contribution in [-0.2, 0) is 6.42 Å². The quantitative estimate of drug-likeness (QED) is 0.265. The summed E-state index contributed by atoms with van der Waals surface area (Å²) in [4.78, 5) is 3.58. The van der Waals surface area contributed by atoms with Gasteiger partial charge in [0.25, 0.3) is 0 Å². The van der Waals surface area contributed by atoms with Crippen LogP contribution < -0.4 is 4.74 Å². The lowest BCUT2D eigenvalue weighted by Crippen LogP contribution is -2.21. The SMILES string of the molecule is C=C(c1ccc(C)cc1C)c1sc2cc(O)ccc2c1Oc1ccc(CCCN2CCC(C)C2)cc1. The van der Waals surface area contributed by atoms with Gasteiger partial charge in [-0.3, -0.25) is 0 Å². The molecule has 36 heavy (non-hydrogen) atoms. The average molecular weight is 498 g/mol. The van der Waals surface area contributed by atoms with Crippen LogP contribution in [0.15, 0.2) is 67.2 Å². The number of likely N-dealkylation sites (tertiary alicyclic amines) is 1. The van der Waals surface area contributed by atoms with E-state index >= 15 is 0 Å². The van der Waals surface area contributed by atoms with Crippen LogP contribution in [-0.4, -0.2) is 29.6 Å². The minimum atomic E-state index is 0.256. The zero-order chi connectivity index (χ0) is 25.2. The maximum atomic E-state index is 10.1. The Morgan fingerprint density at radius 2 is 1.89 bits per heavy atom. The molecule has 0 aliphatic carbocycles. The highest BCUT2D eigenvalue weighted by Gasteiger charge is 2.20. The third-order valence-corrected chi connectivity index (χ3v) is 8.39. The summed E-state index contributed by atoms with van der Waals surface area (Å²) in [6.07, 6.45) is 3.60. The van der Waals surface area contributed by atoms with Gasteiger partial charge in [-0.1, -0.05) is 49.4 Å². The Kier molecular flexibility index (Phi) is 7.17. The molecule has 0 saturated carbocycles. The van der Waals surface area contributed by atoms with Gasteiger partial charge in [0.05, 0.1) is 4.88 Å². The summed E-state index contributed by atoms with van der Waals surface area (Å²) in [5.74, 6) is 2.71. The van der Waals surface area contributed by atoms with Crippen molar-refractivity contribution in [3.63, 3.8) is 0 Å². The third kappa shape index (κ3) is 5.35. The molecule has 4 aromatic rings. The van der Waals surface area contributed by atoms with E-state index in [-0.39, 0.29) is 5.75 Å². The van der Waals surface area contributed by atoms with Crippen LogP contribution in [0.25, 0.3) is 15.7 Å². The highest BCUT2D eigenvalue weighted by molar-refractivity contribution is 7.20. The average Bonchev–Trinajstić information content (AvgIpc) is 3.42. The van der Waals surface area contributed by atoms with E-state index in [1.807, 2.05) is 6.07 Å². The largest absolute Gasteiger partial charge is 0.508 e. The summed E-state index contributed by atoms with van der Waals surface area (Å²) in [6, 6.07) is 20.4. The van der Waals surface area contributed by atoms with Crippen molar-refractivity contribution in [1.82, 2.24) is 4.90 Å². The number of thiophene rings is 1. The lowest BCUT2D eigenvalue weighted by atomic mass is 9.98. The molecule has 3 aromatic carbocycles. The fourth-order valence-electron chi connectivity index (χ4n) is 5.21. The second-order valence-corrected chi connectivity index (χ2v) is 11.3. The van der Waals surface area contributed by atoms with Gasteiger partial charge >= 0.3 is 0 Å². The Hall–Kier alpha value is -3.08. The molecule has 1 atom stereocenters. The molecule has 1 aliphatic heterocycles. The first-order chi connectivity index (χ1) is 17.4. The number of hydrogen-bond acceptors (Lipinski definition) is 4. The standard InChI is InChI=1S/C32H35NO2S/c1-21-7-13-28(23(3)18-21)24(4)32-31(29-14-10-26(34)19-30(29)36-32)35-27-11-8-25(9-12-27)6-5-16-33-17-15-22(2)20-33/h7-14,18-19,22,34H,4-6,15-17,20H2,1-3H3. The van der Waals surface area contributed by atoms with Gasteiger partial charge < -0.3 is 14.7 Å². The lowest BCUT2D eigenvalue weighted by Gasteiger charge is -2.15. The predicted molar refractivity (Wildman–Crippen MR) is 153 cm³/mol. The second-order valence-electron chi connectivity index (χ2n) is 10.3. The molecule has 0 spiro atoms. The number of fused-ring (bicyclic) bond motifs is 1. The minimum absolute atomic E-state index is 0.256. The van der Waals surface area contributed by atoms with Crippen LogP contribution >= 0.6 is 11.3 Å². The van der Waals surface area contributed by atoms with Gasteiger partial charge in [0, 0.05) is 16.6 Å². The van der Waals surface area contributed by atoms with Crippen molar-refractivity contribution in [3.05, 3.63) is 94.4 Å². The molecule has 0 amide bonds. The number of ether oxygens (including phenoxy) is 1. The van der Waals surface area contributed by atoms with Crippen molar-refractivity contribution in [3.8, 4) is 17.2 Å². The summed E-state index contributed by atoms with van der Waals surface area (Å²) < 4.78 is 7.51. The first-order valence-electron chi connectivity index (χ1n) is 12.9. The van der Waals surface area contributed by atoms with Gasteiger partial charge in [-0.15, -0.1) is 11.3 Å². The van der Waals surface area contributed by atoms with Crippen molar-refractivity contribution >= 4 is 27.0 Å². The van der Waals surface area contributed by atoms with Gasteiger partial charge in [-0.05, 0) is 105 Å². The molecule has 4 heteroatoms. The summed E-state index contributed by atoms with van der Waals surface area (Å²) in [7, 11) is 0. The molecule has 0 radical (unpaired) electrons. The van der Waals surface area contributed by atoms with E-state index in [1.54, 1.807) is 23.5 Å². The van der Waals surface area contributed by atoms with Gasteiger partial charge in [0.1, 0.15) is 11.5 Å². The Labute approximate surface area is 218 Å². The first-order valence-corrected chi connectivity index (χ1v) is 13.7. The van der Waals surface area contributed by atoms with Crippen LogP contribution in [0, 0.1) is 19.8 Å². The van der Waals surface area contributed by atoms with E-state index in [2.05, 4.69) is 74.7 Å². The van der Waals surface area contributed by atoms with E-state index in [0.717, 1.165) is 49.9 Å². The van der Waals surface area contributed by atoms with Gasteiger partial charge in [0.2, 0.25) is 0 Å². The zero-order valence-electron chi connectivity index (χ0n) is 21.5. The molecule has 0 bridgehead atoms. The molecule has 1 fully saturated rings. The number of aryl methyl sites for hydroxylation is 3. The van der Waals surface area contributed by atoms with E-state index in [4.69, 9.17) is 4.74 Å². The Bertz CT molecular complexity index is 1390. The molecule has 2 heterocycles. The van der Waals surface area contributed by atoms with Gasteiger partial charge in [0.15, 0.2) is 5.75 Å². The van der Waals surface area contributed by atoms with Crippen molar-refractivity contribution in [1.29, 1.82) is 0 Å². The monoisotopic (exact) mass is 497 g/mol.